The van der Waals surface area contributed by atoms with Crippen molar-refractivity contribution in [1.82, 2.24) is 4.90 Å². The first-order valence-electron chi connectivity index (χ1n) is 4.94. The maximum Gasteiger partial charge on any atom is 0.0656 e. The van der Waals surface area contributed by atoms with Crippen LogP contribution < -0.4 is 0 Å². The number of halogens is 1. The van der Waals surface area contributed by atoms with Crippen LogP contribution in [0, 0.1) is 23.2 Å². The summed E-state index contributed by atoms with van der Waals surface area (Å²) in [5.41, 5.74) is 0. The van der Waals surface area contributed by atoms with E-state index in [4.69, 9.17) is 5.26 Å². The highest BCUT2D eigenvalue weighted by molar-refractivity contribution is 9.09. The average molecular weight is 245 g/mol. The van der Waals surface area contributed by atoms with E-state index >= 15 is 0 Å². The van der Waals surface area contributed by atoms with Crippen LogP contribution in [0.1, 0.15) is 19.8 Å². The first kappa shape index (κ1) is 11.0. The van der Waals surface area contributed by atoms with Crippen LogP contribution in [0.15, 0.2) is 0 Å². The van der Waals surface area contributed by atoms with Gasteiger partial charge in [0.15, 0.2) is 0 Å². The van der Waals surface area contributed by atoms with Gasteiger partial charge in [-0.15, -0.1) is 0 Å². The molecule has 0 aliphatic carbocycles. The predicted octanol–water partition coefficient (Wildman–Crippen LogP) is 2.25. The molecule has 0 bridgehead atoms. The Morgan fingerprint density at radius 1 is 1.54 bits per heavy atom. The van der Waals surface area contributed by atoms with Crippen molar-refractivity contribution >= 4 is 15.9 Å². The van der Waals surface area contributed by atoms with Gasteiger partial charge in [-0.1, -0.05) is 22.9 Å². The zero-order valence-electron chi connectivity index (χ0n) is 8.17. The van der Waals surface area contributed by atoms with Crippen molar-refractivity contribution in [3.05, 3.63) is 0 Å². The van der Waals surface area contributed by atoms with Crippen LogP contribution in [0.4, 0.5) is 0 Å². The van der Waals surface area contributed by atoms with Crippen LogP contribution in [0.3, 0.4) is 0 Å². The molecule has 1 fully saturated rings. The summed E-state index contributed by atoms with van der Waals surface area (Å²) in [6.45, 7) is 5.64. The fourth-order valence-electron chi connectivity index (χ4n) is 1.73. The molecule has 1 saturated heterocycles. The second-order valence-corrected chi connectivity index (χ2v) is 4.61. The molecular weight excluding hydrogens is 228 g/mol. The maximum absolute atomic E-state index is 8.73. The summed E-state index contributed by atoms with van der Waals surface area (Å²) in [6, 6.07) is 2.36. The van der Waals surface area contributed by atoms with E-state index in [1.807, 2.05) is 0 Å². The number of nitrogens with zero attached hydrogens (tertiary/aromatic N) is 2. The first-order valence-corrected chi connectivity index (χ1v) is 6.06. The minimum absolute atomic E-state index is 0.315. The van der Waals surface area contributed by atoms with Crippen LogP contribution in [0.5, 0.6) is 0 Å². The summed E-state index contributed by atoms with van der Waals surface area (Å²) in [7, 11) is 0. The topological polar surface area (TPSA) is 27.0 Å². The Kier molecular flexibility index (Phi) is 4.76. The van der Waals surface area contributed by atoms with Gasteiger partial charge in [-0.2, -0.15) is 5.26 Å². The summed E-state index contributed by atoms with van der Waals surface area (Å²) in [5.74, 6) is 1.04. The monoisotopic (exact) mass is 244 g/mol. The summed E-state index contributed by atoms with van der Waals surface area (Å²) in [5, 5.41) is 9.80. The third-order valence-corrected chi connectivity index (χ3v) is 3.71. The molecule has 0 amide bonds. The van der Waals surface area contributed by atoms with Crippen LogP contribution >= 0.6 is 15.9 Å². The molecule has 2 nitrogen and oxygen atoms in total. The van der Waals surface area contributed by atoms with Gasteiger partial charge < -0.3 is 4.90 Å². The number of alkyl halides is 1. The lowest BCUT2D eigenvalue weighted by molar-refractivity contribution is 0.187. The van der Waals surface area contributed by atoms with Crippen molar-refractivity contribution in [3.63, 3.8) is 0 Å². The minimum Gasteiger partial charge on any atom is -0.303 e. The molecule has 1 rings (SSSR count). The van der Waals surface area contributed by atoms with Crippen molar-refractivity contribution in [1.29, 1.82) is 5.26 Å². The molecule has 1 aliphatic rings. The standard InChI is InChI=1S/C10H17BrN2/c1-9(6-11)8-13-4-2-10(7-12)3-5-13/h9-10H,2-6,8H2,1H3. The predicted molar refractivity (Wildman–Crippen MR) is 57.7 cm³/mol. The van der Waals surface area contributed by atoms with Crippen LogP contribution in [-0.4, -0.2) is 29.9 Å². The van der Waals surface area contributed by atoms with E-state index in [2.05, 4.69) is 33.8 Å². The molecule has 1 atom stereocenters. The van der Waals surface area contributed by atoms with E-state index in [0.717, 1.165) is 37.2 Å². The summed E-state index contributed by atoms with van der Waals surface area (Å²) < 4.78 is 0. The Morgan fingerprint density at radius 2 is 2.15 bits per heavy atom. The number of likely N-dealkylation sites (tertiary alicyclic amines) is 1. The smallest absolute Gasteiger partial charge is 0.0656 e. The Balaban J connectivity index is 2.22. The molecule has 0 N–H and O–H groups in total. The van der Waals surface area contributed by atoms with Crippen LogP contribution in [0.25, 0.3) is 0 Å². The first-order chi connectivity index (χ1) is 6.26. The third-order valence-electron chi connectivity index (χ3n) is 2.60. The molecule has 1 aliphatic heterocycles. The quantitative estimate of drug-likeness (QED) is 0.713. The van der Waals surface area contributed by atoms with Crippen molar-refractivity contribution in [2.75, 3.05) is 25.0 Å². The minimum atomic E-state index is 0.315. The van der Waals surface area contributed by atoms with E-state index in [1.54, 1.807) is 0 Å². The number of hydrogen-bond acceptors (Lipinski definition) is 2. The van der Waals surface area contributed by atoms with Gasteiger partial charge in [-0.3, -0.25) is 0 Å². The highest BCUT2D eigenvalue weighted by Crippen LogP contribution is 2.17. The zero-order chi connectivity index (χ0) is 9.68. The van der Waals surface area contributed by atoms with E-state index in [-0.39, 0.29) is 0 Å². The average Bonchev–Trinajstić information content (AvgIpc) is 2.19. The second-order valence-electron chi connectivity index (χ2n) is 3.96. The summed E-state index contributed by atoms with van der Waals surface area (Å²) in [4.78, 5) is 2.47. The Labute approximate surface area is 89.0 Å². The van der Waals surface area contributed by atoms with Gasteiger partial charge >= 0.3 is 0 Å². The molecule has 1 unspecified atom stereocenters. The largest absolute Gasteiger partial charge is 0.303 e. The number of hydrogen-bond donors (Lipinski definition) is 0. The molecule has 0 saturated carbocycles. The van der Waals surface area contributed by atoms with Gasteiger partial charge in [-0.25, -0.2) is 0 Å². The van der Waals surface area contributed by atoms with E-state index < -0.39 is 0 Å². The molecule has 1 heterocycles. The van der Waals surface area contributed by atoms with E-state index in [0.29, 0.717) is 5.92 Å². The molecular formula is C10H17BrN2. The Bertz CT molecular complexity index is 180. The molecule has 74 valence electrons. The van der Waals surface area contributed by atoms with Crippen LogP contribution in [-0.2, 0) is 0 Å². The molecule has 13 heavy (non-hydrogen) atoms. The zero-order valence-corrected chi connectivity index (χ0v) is 9.76. The van der Waals surface area contributed by atoms with Crippen molar-refractivity contribution in [3.8, 4) is 6.07 Å². The SMILES string of the molecule is CC(CBr)CN1CCC(C#N)CC1. The lowest BCUT2D eigenvalue weighted by Crippen LogP contribution is -2.36. The van der Waals surface area contributed by atoms with Gasteiger partial charge in [0, 0.05) is 17.8 Å². The van der Waals surface area contributed by atoms with Gasteiger partial charge in [0.2, 0.25) is 0 Å². The number of piperidine rings is 1. The maximum atomic E-state index is 8.73. The van der Waals surface area contributed by atoms with Crippen LogP contribution in [0.2, 0.25) is 0 Å². The normalized spacial score (nSPS) is 22.5. The Morgan fingerprint density at radius 3 is 2.62 bits per heavy atom. The highest BCUT2D eigenvalue weighted by atomic mass is 79.9. The number of rotatable bonds is 3. The highest BCUT2D eigenvalue weighted by Gasteiger charge is 2.19. The molecule has 0 aromatic heterocycles. The fourth-order valence-corrected chi connectivity index (χ4v) is 1.94. The van der Waals surface area contributed by atoms with Gasteiger partial charge in [-0.05, 0) is 31.8 Å². The Hall–Kier alpha value is -0.0700. The van der Waals surface area contributed by atoms with Gasteiger partial charge in [0.25, 0.3) is 0 Å². The van der Waals surface area contributed by atoms with Crippen molar-refractivity contribution in [2.24, 2.45) is 11.8 Å². The molecule has 0 aromatic rings. The summed E-state index contributed by atoms with van der Waals surface area (Å²) >= 11 is 3.49. The third kappa shape index (κ3) is 3.66. The van der Waals surface area contributed by atoms with Gasteiger partial charge in [0.05, 0.1) is 6.07 Å². The molecule has 0 radical (unpaired) electrons. The molecule has 0 aromatic carbocycles. The summed E-state index contributed by atoms with van der Waals surface area (Å²) in [6.07, 6.45) is 2.12. The lowest BCUT2D eigenvalue weighted by Gasteiger charge is -2.30. The van der Waals surface area contributed by atoms with Crippen molar-refractivity contribution < 1.29 is 0 Å². The lowest BCUT2D eigenvalue weighted by atomic mass is 9.98. The van der Waals surface area contributed by atoms with Gasteiger partial charge in [0.1, 0.15) is 0 Å². The van der Waals surface area contributed by atoms with E-state index in [1.165, 1.54) is 6.54 Å². The second kappa shape index (κ2) is 5.62. The number of nitriles is 1. The molecule has 0 spiro atoms. The van der Waals surface area contributed by atoms with Crippen molar-refractivity contribution in [2.45, 2.75) is 19.8 Å². The molecule has 3 heteroatoms. The fraction of sp³-hybridized carbons (Fsp3) is 0.900. The van der Waals surface area contributed by atoms with E-state index in [9.17, 15) is 0 Å².